The number of imidazole rings is 1. The van der Waals surface area contributed by atoms with Crippen molar-refractivity contribution in [2.75, 3.05) is 6.54 Å². The van der Waals surface area contributed by atoms with E-state index >= 15 is 0 Å². The fourth-order valence-electron chi connectivity index (χ4n) is 6.23. The van der Waals surface area contributed by atoms with Crippen LogP contribution in [0, 0.1) is 10.1 Å². The summed E-state index contributed by atoms with van der Waals surface area (Å²) in [7, 11) is 0. The van der Waals surface area contributed by atoms with Crippen LogP contribution in [0.15, 0.2) is 122 Å². The van der Waals surface area contributed by atoms with E-state index in [0.29, 0.717) is 31.3 Å². The Labute approximate surface area is 290 Å². The van der Waals surface area contributed by atoms with Crippen LogP contribution < -0.4 is 10.6 Å². The van der Waals surface area contributed by atoms with Crippen molar-refractivity contribution in [2.24, 2.45) is 0 Å². The Hall–Kier alpha value is -5.61. The topological polar surface area (TPSA) is 105 Å². The molecule has 0 fully saturated rings. The summed E-state index contributed by atoms with van der Waals surface area (Å²) in [6.07, 6.45) is 3.47. The molecule has 0 spiro atoms. The average molecular weight is 671 g/mol. The van der Waals surface area contributed by atoms with Gasteiger partial charge in [-0.25, -0.2) is 4.98 Å². The van der Waals surface area contributed by atoms with Gasteiger partial charge in [0.05, 0.1) is 23.2 Å². The molecule has 1 aromatic heterocycles. The van der Waals surface area contributed by atoms with E-state index in [1.54, 1.807) is 24.7 Å². The highest BCUT2D eigenvalue weighted by Gasteiger charge is 2.26. The number of nitro benzene ring substituents is 1. The molecule has 2 N–H and O–H groups in total. The van der Waals surface area contributed by atoms with Gasteiger partial charge < -0.3 is 20.1 Å². The standard InChI is InChI=1S/C39H38N6O3S/c1-39(2,42-37(46)21-34-23-40-27-44(34)24-28-17-19-33(20-18-28)45(47)48)26-43(25-32-14-8-12-30-10-4-6-16-36(30)32)38(49)41-22-31-13-7-11-29-9-3-5-15-35(29)31/h3-20,23,27H,21-22,24-26H2,1-2H3,(H,41,49)(H,42,46). The number of hydrogen-bond donors (Lipinski definition) is 2. The lowest BCUT2D eigenvalue weighted by Crippen LogP contribution is -2.54. The number of benzene rings is 5. The predicted octanol–water partition coefficient (Wildman–Crippen LogP) is 7.16. The number of carbonyl (C=O) groups is 1. The van der Waals surface area contributed by atoms with E-state index in [4.69, 9.17) is 12.2 Å². The van der Waals surface area contributed by atoms with Gasteiger partial charge in [0.25, 0.3) is 5.69 Å². The number of thiocarbonyl (C=S) groups is 1. The van der Waals surface area contributed by atoms with E-state index in [9.17, 15) is 14.9 Å². The molecule has 0 aliphatic carbocycles. The normalized spacial score (nSPS) is 11.4. The van der Waals surface area contributed by atoms with Gasteiger partial charge in [-0.2, -0.15) is 0 Å². The summed E-state index contributed by atoms with van der Waals surface area (Å²) < 4.78 is 1.88. The maximum Gasteiger partial charge on any atom is 0.269 e. The highest BCUT2D eigenvalue weighted by molar-refractivity contribution is 7.80. The average Bonchev–Trinajstić information content (AvgIpc) is 3.52. The van der Waals surface area contributed by atoms with Crippen LogP contribution >= 0.6 is 12.2 Å². The first kappa shape index (κ1) is 33.3. The van der Waals surface area contributed by atoms with Gasteiger partial charge in [-0.1, -0.05) is 97.1 Å². The third-order valence-electron chi connectivity index (χ3n) is 8.54. The van der Waals surface area contributed by atoms with Crippen molar-refractivity contribution in [2.45, 2.75) is 45.4 Å². The van der Waals surface area contributed by atoms with Gasteiger partial charge >= 0.3 is 0 Å². The number of hydrogen-bond acceptors (Lipinski definition) is 5. The van der Waals surface area contributed by atoms with Gasteiger partial charge in [0.2, 0.25) is 5.91 Å². The molecule has 0 aliphatic rings. The maximum absolute atomic E-state index is 13.5. The lowest BCUT2D eigenvalue weighted by Gasteiger charge is -2.35. The van der Waals surface area contributed by atoms with Crippen molar-refractivity contribution >= 4 is 50.5 Å². The SMILES string of the molecule is CC(C)(CN(Cc1cccc2ccccc12)C(=S)NCc1cccc2ccccc12)NC(=O)Cc1cncn1Cc1ccc([N+](=O)[O-])cc1. The number of rotatable bonds is 12. The van der Waals surface area contributed by atoms with Gasteiger partial charge in [-0.15, -0.1) is 0 Å². The Morgan fingerprint density at radius 3 is 2.16 bits per heavy atom. The first-order valence-corrected chi connectivity index (χ1v) is 16.6. The van der Waals surface area contributed by atoms with Crippen molar-refractivity contribution in [3.05, 3.63) is 154 Å². The van der Waals surface area contributed by atoms with Crippen molar-refractivity contribution in [1.82, 2.24) is 25.1 Å². The Balaban J connectivity index is 1.17. The number of fused-ring (bicyclic) bond motifs is 2. The molecule has 0 atom stereocenters. The van der Waals surface area contributed by atoms with Crippen LogP contribution in [0.2, 0.25) is 0 Å². The Morgan fingerprint density at radius 1 is 0.878 bits per heavy atom. The number of nitrogens with one attached hydrogen (secondary N) is 2. The van der Waals surface area contributed by atoms with Crippen molar-refractivity contribution in [3.8, 4) is 0 Å². The fraction of sp³-hybridized carbons (Fsp3) is 0.205. The van der Waals surface area contributed by atoms with Crippen LogP contribution in [-0.4, -0.2) is 42.5 Å². The van der Waals surface area contributed by atoms with Gasteiger partial charge in [-0.05, 0) is 64.3 Å². The highest BCUT2D eigenvalue weighted by atomic mass is 32.1. The summed E-state index contributed by atoms with van der Waals surface area (Å²) in [5.41, 5.74) is 3.31. The molecule has 0 unspecified atom stereocenters. The molecule has 49 heavy (non-hydrogen) atoms. The molecule has 0 bridgehead atoms. The minimum Gasteiger partial charge on any atom is -0.358 e. The zero-order valence-corrected chi connectivity index (χ0v) is 28.3. The minimum absolute atomic E-state index is 0.0361. The summed E-state index contributed by atoms with van der Waals surface area (Å²) in [6.45, 7) is 6.04. The third-order valence-corrected chi connectivity index (χ3v) is 8.95. The molecule has 6 rings (SSSR count). The van der Waals surface area contributed by atoms with Crippen LogP contribution in [0.3, 0.4) is 0 Å². The summed E-state index contributed by atoms with van der Waals surface area (Å²) in [6, 6.07) is 35.6. The molecule has 0 saturated carbocycles. The second-order valence-corrected chi connectivity index (χ2v) is 13.2. The van der Waals surface area contributed by atoms with E-state index in [0.717, 1.165) is 33.2 Å². The zero-order valence-electron chi connectivity index (χ0n) is 27.5. The molecular formula is C39H38N6O3S. The molecule has 248 valence electrons. The predicted molar refractivity (Wildman–Crippen MR) is 198 cm³/mol. The van der Waals surface area contributed by atoms with E-state index in [1.165, 1.54) is 22.9 Å². The van der Waals surface area contributed by atoms with Crippen molar-refractivity contribution < 1.29 is 9.72 Å². The number of amides is 1. The largest absolute Gasteiger partial charge is 0.358 e. The smallest absolute Gasteiger partial charge is 0.269 e. The molecule has 0 aliphatic heterocycles. The summed E-state index contributed by atoms with van der Waals surface area (Å²) in [5.74, 6) is -0.143. The molecule has 9 nitrogen and oxygen atoms in total. The Bertz CT molecular complexity index is 2110. The lowest BCUT2D eigenvalue weighted by molar-refractivity contribution is -0.384. The van der Waals surface area contributed by atoms with E-state index in [-0.39, 0.29) is 18.0 Å². The van der Waals surface area contributed by atoms with Crippen LogP contribution in [0.4, 0.5) is 5.69 Å². The fourth-order valence-corrected chi connectivity index (χ4v) is 6.43. The van der Waals surface area contributed by atoms with Gasteiger partial charge in [-0.3, -0.25) is 14.9 Å². The van der Waals surface area contributed by atoms with Gasteiger partial charge in [0.15, 0.2) is 5.11 Å². The monoisotopic (exact) mass is 670 g/mol. The quantitative estimate of drug-likeness (QED) is 0.0809. The molecule has 6 aromatic rings. The van der Waals surface area contributed by atoms with Gasteiger partial charge in [0.1, 0.15) is 0 Å². The Kier molecular flexibility index (Phi) is 9.96. The van der Waals surface area contributed by atoms with Crippen LogP contribution in [0.1, 0.15) is 36.2 Å². The van der Waals surface area contributed by atoms with Crippen LogP contribution in [0.5, 0.6) is 0 Å². The molecule has 1 amide bonds. The summed E-state index contributed by atoms with van der Waals surface area (Å²) >= 11 is 6.05. The third kappa shape index (κ3) is 8.28. The summed E-state index contributed by atoms with van der Waals surface area (Å²) in [4.78, 5) is 30.5. The van der Waals surface area contributed by atoms with Crippen LogP contribution in [-0.2, 0) is 30.8 Å². The number of aromatic nitrogens is 2. The molecule has 0 saturated heterocycles. The Morgan fingerprint density at radius 2 is 1.49 bits per heavy atom. The van der Waals surface area contributed by atoms with Crippen molar-refractivity contribution in [1.29, 1.82) is 0 Å². The highest BCUT2D eigenvalue weighted by Crippen LogP contribution is 2.23. The summed E-state index contributed by atoms with van der Waals surface area (Å²) in [5, 5.41) is 23.1. The number of non-ortho nitro benzene ring substituents is 1. The lowest BCUT2D eigenvalue weighted by atomic mass is 10.0. The molecular weight excluding hydrogens is 633 g/mol. The molecule has 1 heterocycles. The first-order chi connectivity index (χ1) is 23.6. The minimum atomic E-state index is -0.643. The number of carbonyl (C=O) groups excluding carboxylic acids is 1. The number of nitro groups is 1. The second-order valence-electron chi connectivity index (χ2n) is 12.8. The zero-order chi connectivity index (χ0) is 34.4. The second kappa shape index (κ2) is 14.7. The first-order valence-electron chi connectivity index (χ1n) is 16.1. The molecule has 10 heteroatoms. The van der Waals surface area contributed by atoms with Gasteiger partial charge in [0, 0.05) is 50.2 Å². The van der Waals surface area contributed by atoms with E-state index in [2.05, 4.69) is 81.2 Å². The van der Waals surface area contributed by atoms with E-state index in [1.807, 2.05) is 42.7 Å². The van der Waals surface area contributed by atoms with Crippen LogP contribution in [0.25, 0.3) is 21.5 Å². The maximum atomic E-state index is 13.5. The number of nitrogens with zero attached hydrogens (tertiary/aromatic N) is 4. The van der Waals surface area contributed by atoms with Crippen molar-refractivity contribution in [3.63, 3.8) is 0 Å². The molecule has 5 aromatic carbocycles. The van der Waals surface area contributed by atoms with E-state index < -0.39 is 10.5 Å². The molecule has 0 radical (unpaired) electrons.